The lowest BCUT2D eigenvalue weighted by atomic mass is 10.1. The number of aliphatic imine (C=N–C) groups is 1. The normalized spacial score (nSPS) is 18.1. The predicted octanol–water partition coefficient (Wildman–Crippen LogP) is 2.86. The Morgan fingerprint density at radius 3 is 2.52 bits per heavy atom. The Labute approximate surface area is 136 Å². The second-order valence-corrected chi connectivity index (χ2v) is 7.63. The Hall–Kier alpha value is -2.21. The second kappa shape index (κ2) is 5.77. The van der Waals surface area contributed by atoms with Crippen molar-refractivity contribution in [3.05, 3.63) is 59.3 Å². The summed E-state index contributed by atoms with van der Waals surface area (Å²) in [5, 5.41) is 0.0579. The molecule has 120 valence electrons. The highest BCUT2D eigenvalue weighted by Gasteiger charge is 2.34. The summed E-state index contributed by atoms with van der Waals surface area (Å²) in [5.41, 5.74) is 3.09. The summed E-state index contributed by atoms with van der Waals surface area (Å²) in [5.74, 6) is 0.499. The van der Waals surface area contributed by atoms with Gasteiger partial charge in [0.1, 0.15) is 5.84 Å². The number of aromatic nitrogens is 1. The topological polar surface area (TPSA) is 62.6 Å². The van der Waals surface area contributed by atoms with E-state index in [0.717, 1.165) is 16.7 Å². The molecular formula is C17H19N3O2S. The molecule has 6 heteroatoms. The van der Waals surface area contributed by atoms with Crippen LogP contribution in [-0.2, 0) is 10.0 Å². The first-order chi connectivity index (χ1) is 10.9. The van der Waals surface area contributed by atoms with E-state index in [1.54, 1.807) is 19.2 Å². The number of hydrogen-bond donors (Lipinski definition) is 0. The molecule has 2 heterocycles. The fraction of sp³-hybridized carbons (Fsp3) is 0.294. The van der Waals surface area contributed by atoms with E-state index in [1.807, 2.05) is 38.1 Å². The molecule has 0 saturated carbocycles. The summed E-state index contributed by atoms with van der Waals surface area (Å²) in [6, 6.07) is 11.1. The molecule has 0 amide bonds. The van der Waals surface area contributed by atoms with Gasteiger partial charge in [0.2, 0.25) is 0 Å². The van der Waals surface area contributed by atoms with Gasteiger partial charge in [-0.05, 0) is 38.0 Å². The number of amidine groups is 1. The highest BCUT2D eigenvalue weighted by molar-refractivity contribution is 7.89. The van der Waals surface area contributed by atoms with E-state index in [9.17, 15) is 8.42 Å². The molecule has 1 aliphatic heterocycles. The van der Waals surface area contributed by atoms with Gasteiger partial charge in [0.25, 0.3) is 10.0 Å². The van der Waals surface area contributed by atoms with Crippen molar-refractivity contribution in [3.63, 3.8) is 0 Å². The average molecular weight is 329 g/mol. The van der Waals surface area contributed by atoms with Gasteiger partial charge in [-0.3, -0.25) is 9.30 Å². The molecule has 0 N–H and O–H groups in total. The molecule has 1 atom stereocenters. The van der Waals surface area contributed by atoms with Gasteiger partial charge in [-0.15, -0.1) is 0 Å². The Morgan fingerprint density at radius 1 is 1.09 bits per heavy atom. The van der Waals surface area contributed by atoms with E-state index in [0.29, 0.717) is 12.4 Å². The zero-order valence-corrected chi connectivity index (χ0v) is 14.2. The van der Waals surface area contributed by atoms with Crippen LogP contribution in [0.25, 0.3) is 0 Å². The first-order valence-corrected chi connectivity index (χ1v) is 8.88. The van der Waals surface area contributed by atoms with Crippen molar-refractivity contribution in [1.29, 1.82) is 0 Å². The molecule has 1 aromatic carbocycles. The van der Waals surface area contributed by atoms with Gasteiger partial charge in [-0.2, -0.15) is 8.42 Å². The molecule has 0 radical (unpaired) electrons. The average Bonchev–Trinajstić information content (AvgIpc) is 2.90. The van der Waals surface area contributed by atoms with Crippen LogP contribution in [0.4, 0.5) is 0 Å². The van der Waals surface area contributed by atoms with Crippen LogP contribution in [0.3, 0.4) is 0 Å². The molecule has 0 bridgehead atoms. The summed E-state index contributed by atoms with van der Waals surface area (Å²) in [4.78, 5) is 8.58. The first-order valence-electron chi connectivity index (χ1n) is 7.44. The van der Waals surface area contributed by atoms with E-state index in [-0.39, 0.29) is 11.1 Å². The molecule has 3 rings (SSSR count). The zero-order valence-electron chi connectivity index (χ0n) is 13.4. The SMILES string of the molecule is CC1=NC(c2cccc(C)c2)CN1S(=O)(=O)c1ccc(C)cn1. The first kappa shape index (κ1) is 15.7. The maximum absolute atomic E-state index is 12.8. The van der Waals surface area contributed by atoms with Crippen LogP contribution < -0.4 is 0 Å². The lowest BCUT2D eigenvalue weighted by Crippen LogP contribution is -2.33. The number of benzene rings is 1. The number of hydrogen-bond acceptors (Lipinski definition) is 4. The van der Waals surface area contributed by atoms with Crippen molar-refractivity contribution in [2.45, 2.75) is 31.8 Å². The quantitative estimate of drug-likeness (QED) is 0.870. The standard InChI is InChI=1S/C17H19N3O2S/c1-12-5-4-6-15(9-12)16-11-20(14(3)19-16)23(21,22)17-8-7-13(2)10-18-17/h4-10,16H,11H2,1-3H3. The molecule has 23 heavy (non-hydrogen) atoms. The number of nitrogens with zero attached hydrogens (tertiary/aromatic N) is 3. The Bertz CT molecular complexity index is 858. The van der Waals surface area contributed by atoms with Crippen LogP contribution >= 0.6 is 0 Å². The minimum Gasteiger partial charge on any atom is -0.262 e. The van der Waals surface area contributed by atoms with Gasteiger partial charge in [0.05, 0.1) is 12.6 Å². The van der Waals surface area contributed by atoms with Crippen molar-refractivity contribution in [2.75, 3.05) is 6.54 Å². The smallest absolute Gasteiger partial charge is 0.262 e. The van der Waals surface area contributed by atoms with Crippen molar-refractivity contribution in [2.24, 2.45) is 4.99 Å². The van der Waals surface area contributed by atoms with Gasteiger partial charge in [-0.1, -0.05) is 35.9 Å². The zero-order chi connectivity index (χ0) is 16.6. The fourth-order valence-corrected chi connectivity index (χ4v) is 4.05. The number of aryl methyl sites for hydroxylation is 2. The largest absolute Gasteiger partial charge is 0.282 e. The fourth-order valence-electron chi connectivity index (χ4n) is 2.67. The van der Waals surface area contributed by atoms with E-state index in [4.69, 9.17) is 0 Å². The van der Waals surface area contributed by atoms with Crippen LogP contribution in [0.1, 0.15) is 29.7 Å². The number of pyridine rings is 1. The summed E-state index contributed by atoms with van der Waals surface area (Å²) < 4.78 is 26.9. The monoisotopic (exact) mass is 329 g/mol. The molecule has 2 aromatic rings. The third kappa shape index (κ3) is 2.99. The van der Waals surface area contributed by atoms with Crippen LogP contribution in [0.2, 0.25) is 0 Å². The Balaban J connectivity index is 1.90. The third-order valence-corrected chi connectivity index (χ3v) is 5.67. The molecule has 0 spiro atoms. The molecule has 0 saturated heterocycles. The molecule has 5 nitrogen and oxygen atoms in total. The molecule has 0 fully saturated rings. The second-order valence-electron chi connectivity index (χ2n) is 5.82. The summed E-state index contributed by atoms with van der Waals surface area (Å²) in [6.07, 6.45) is 1.56. The Kier molecular flexibility index (Phi) is 3.93. The van der Waals surface area contributed by atoms with E-state index in [2.05, 4.69) is 9.98 Å². The van der Waals surface area contributed by atoms with Crippen molar-refractivity contribution >= 4 is 15.9 Å². The summed E-state index contributed by atoms with van der Waals surface area (Å²) in [7, 11) is -3.66. The minimum absolute atomic E-state index is 0.0579. The predicted molar refractivity (Wildman–Crippen MR) is 89.9 cm³/mol. The maximum Gasteiger partial charge on any atom is 0.282 e. The highest BCUT2D eigenvalue weighted by atomic mass is 32.2. The lowest BCUT2D eigenvalue weighted by Gasteiger charge is -2.19. The molecule has 1 aliphatic rings. The van der Waals surface area contributed by atoms with Crippen molar-refractivity contribution in [1.82, 2.24) is 9.29 Å². The van der Waals surface area contributed by atoms with Gasteiger partial charge in [0, 0.05) is 6.20 Å². The van der Waals surface area contributed by atoms with E-state index < -0.39 is 10.0 Å². The maximum atomic E-state index is 12.8. The van der Waals surface area contributed by atoms with Crippen LogP contribution in [-0.4, -0.2) is 30.1 Å². The lowest BCUT2D eigenvalue weighted by molar-refractivity contribution is 0.516. The Morgan fingerprint density at radius 2 is 1.87 bits per heavy atom. The van der Waals surface area contributed by atoms with E-state index in [1.165, 1.54) is 10.4 Å². The molecule has 1 aromatic heterocycles. The van der Waals surface area contributed by atoms with Gasteiger partial charge >= 0.3 is 0 Å². The molecular weight excluding hydrogens is 310 g/mol. The summed E-state index contributed by atoms with van der Waals surface area (Å²) >= 11 is 0. The van der Waals surface area contributed by atoms with Crippen molar-refractivity contribution < 1.29 is 8.42 Å². The number of rotatable bonds is 3. The molecule has 0 aliphatic carbocycles. The van der Waals surface area contributed by atoms with Gasteiger partial charge in [-0.25, -0.2) is 4.98 Å². The highest BCUT2D eigenvalue weighted by Crippen LogP contribution is 2.29. The molecule has 1 unspecified atom stereocenters. The third-order valence-electron chi connectivity index (χ3n) is 3.91. The minimum atomic E-state index is -3.66. The van der Waals surface area contributed by atoms with Crippen LogP contribution in [0.5, 0.6) is 0 Å². The van der Waals surface area contributed by atoms with Gasteiger partial charge in [0.15, 0.2) is 5.03 Å². The van der Waals surface area contributed by atoms with Gasteiger partial charge < -0.3 is 0 Å². The number of sulfonamides is 1. The van der Waals surface area contributed by atoms with Crippen molar-refractivity contribution in [3.8, 4) is 0 Å². The van der Waals surface area contributed by atoms with Crippen LogP contribution in [0, 0.1) is 13.8 Å². The summed E-state index contributed by atoms with van der Waals surface area (Å²) in [6.45, 7) is 5.92. The van der Waals surface area contributed by atoms with E-state index >= 15 is 0 Å². The van der Waals surface area contributed by atoms with Crippen LogP contribution in [0.15, 0.2) is 52.6 Å².